The molecule has 5 atom stereocenters. The van der Waals surface area contributed by atoms with E-state index in [1.165, 1.54) is 55.9 Å². The molecule has 4 heteroatoms. The molecule has 4 nitrogen and oxygen atoms in total. The van der Waals surface area contributed by atoms with Crippen LogP contribution in [0.25, 0.3) is 5.57 Å². The van der Waals surface area contributed by atoms with Crippen molar-refractivity contribution in [2.45, 2.75) is 77.7 Å². The highest BCUT2D eigenvalue weighted by Crippen LogP contribution is 2.63. The number of aryl methyl sites for hydroxylation is 1. The van der Waals surface area contributed by atoms with Gasteiger partial charge in [-0.25, -0.2) is 0 Å². The van der Waals surface area contributed by atoms with Crippen molar-refractivity contribution < 1.29 is 4.79 Å². The molecular formula is C26H39N3O. The molecule has 3 heterocycles. The molecule has 0 spiro atoms. The molecule has 5 unspecified atom stereocenters. The highest BCUT2D eigenvalue weighted by atomic mass is 16.2. The van der Waals surface area contributed by atoms with E-state index < -0.39 is 0 Å². The average Bonchev–Trinajstić information content (AvgIpc) is 3.31. The Bertz CT molecular complexity index is 833. The molecule has 1 aromatic heterocycles. The van der Waals surface area contributed by atoms with Crippen LogP contribution in [0.1, 0.15) is 76.8 Å². The lowest BCUT2D eigenvalue weighted by Gasteiger charge is -2.53. The summed E-state index contributed by atoms with van der Waals surface area (Å²) in [5, 5.41) is 0. The van der Waals surface area contributed by atoms with Gasteiger partial charge in [-0.2, -0.15) is 0 Å². The van der Waals surface area contributed by atoms with Crippen LogP contribution in [0.3, 0.4) is 0 Å². The minimum Gasteiger partial charge on any atom is -0.337 e. The lowest BCUT2D eigenvalue weighted by Crippen LogP contribution is -2.53. The van der Waals surface area contributed by atoms with Gasteiger partial charge in [0.1, 0.15) is 0 Å². The topological polar surface area (TPSA) is 59.2 Å². The molecule has 1 amide bonds. The molecule has 164 valence electrons. The number of aromatic nitrogens is 1. The van der Waals surface area contributed by atoms with Crippen molar-refractivity contribution in [2.24, 2.45) is 28.9 Å². The number of hydrogen-bond acceptors (Lipinski definition) is 3. The predicted octanol–water partition coefficient (Wildman–Crippen LogP) is 4.83. The highest BCUT2D eigenvalue weighted by molar-refractivity contribution is 5.78. The normalized spacial score (nSPS) is 37.4. The fourth-order valence-corrected chi connectivity index (χ4v) is 7.51. The number of carbonyl (C=O) groups is 1. The largest absolute Gasteiger partial charge is 0.337 e. The minimum atomic E-state index is 0.103. The summed E-state index contributed by atoms with van der Waals surface area (Å²) in [6.45, 7) is 8.10. The van der Waals surface area contributed by atoms with Crippen LogP contribution in [0.2, 0.25) is 0 Å². The quantitative estimate of drug-likeness (QED) is 0.761. The minimum absolute atomic E-state index is 0.103. The number of nitrogens with zero attached hydrogens (tertiary/aromatic N) is 2. The number of fused-ring (bicyclic) bond motifs is 5. The zero-order chi connectivity index (χ0) is 21.5. The van der Waals surface area contributed by atoms with Crippen molar-refractivity contribution >= 4 is 11.5 Å². The molecule has 1 aromatic rings. The lowest BCUT2D eigenvalue weighted by atomic mass is 9.54. The third kappa shape index (κ3) is 3.14. The molecule has 2 aliphatic carbocycles. The van der Waals surface area contributed by atoms with Gasteiger partial charge < -0.3 is 10.6 Å². The van der Waals surface area contributed by atoms with E-state index in [9.17, 15) is 4.79 Å². The molecule has 30 heavy (non-hydrogen) atoms. The molecule has 2 N–H and O–H groups in total. The van der Waals surface area contributed by atoms with E-state index >= 15 is 0 Å². The Kier molecular flexibility index (Phi) is 5.82. The van der Waals surface area contributed by atoms with Gasteiger partial charge in [0.15, 0.2) is 0 Å². The predicted molar refractivity (Wildman–Crippen MR) is 123 cm³/mol. The van der Waals surface area contributed by atoms with Crippen molar-refractivity contribution in [1.29, 1.82) is 0 Å². The maximum Gasteiger partial charge on any atom is 0.223 e. The molecule has 2 aliphatic heterocycles. The van der Waals surface area contributed by atoms with Gasteiger partial charge in [-0.15, -0.1) is 0 Å². The average molecular weight is 410 g/mol. The Balaban J connectivity index is 0.00000106. The Morgan fingerprint density at radius 2 is 1.97 bits per heavy atom. The molecular weight excluding hydrogens is 370 g/mol. The second-order valence-electron chi connectivity index (χ2n) is 10.2. The molecule has 5 rings (SSSR count). The molecule has 3 fully saturated rings. The monoisotopic (exact) mass is 409 g/mol. The van der Waals surface area contributed by atoms with Crippen molar-refractivity contribution in [1.82, 2.24) is 9.88 Å². The van der Waals surface area contributed by atoms with E-state index in [0.29, 0.717) is 23.7 Å². The summed E-state index contributed by atoms with van der Waals surface area (Å²) in [6, 6.07) is 2.36. The first-order valence-corrected chi connectivity index (χ1v) is 12.0. The molecule has 0 aromatic carbocycles. The second kappa shape index (κ2) is 8.11. The fraction of sp³-hybridized carbons (Fsp3) is 0.692. The zero-order valence-electron chi connectivity index (χ0n) is 19.3. The molecule has 0 bridgehead atoms. The number of allylic oxidation sites excluding steroid dienone is 2. The summed E-state index contributed by atoms with van der Waals surface area (Å²) in [7, 11) is 1.50. The first-order valence-electron chi connectivity index (χ1n) is 12.0. The maximum atomic E-state index is 12.9. The van der Waals surface area contributed by atoms with E-state index in [0.717, 1.165) is 25.8 Å². The third-order valence-electron chi connectivity index (χ3n) is 9.00. The smallest absolute Gasteiger partial charge is 0.223 e. The number of rotatable bonds is 2. The number of hydrogen-bond donors (Lipinski definition) is 1. The number of nitrogens with two attached hydrogens (primary N) is 1. The summed E-state index contributed by atoms with van der Waals surface area (Å²) in [4.78, 5) is 19.7. The summed E-state index contributed by atoms with van der Waals surface area (Å²) >= 11 is 0. The third-order valence-corrected chi connectivity index (χ3v) is 9.00. The Morgan fingerprint density at radius 3 is 2.73 bits per heavy atom. The molecule has 1 saturated carbocycles. The van der Waals surface area contributed by atoms with Crippen LogP contribution >= 0.6 is 0 Å². The first-order chi connectivity index (χ1) is 14.5. The number of pyridine rings is 1. The number of amides is 1. The van der Waals surface area contributed by atoms with Crippen LogP contribution in [0, 0.1) is 23.2 Å². The molecule has 2 saturated heterocycles. The van der Waals surface area contributed by atoms with Gasteiger partial charge in [0.25, 0.3) is 0 Å². The maximum absolute atomic E-state index is 12.9. The van der Waals surface area contributed by atoms with Crippen molar-refractivity contribution in [3.63, 3.8) is 0 Å². The molecule has 4 aliphatic rings. The van der Waals surface area contributed by atoms with Crippen LogP contribution < -0.4 is 5.73 Å². The fourth-order valence-electron chi connectivity index (χ4n) is 7.51. The van der Waals surface area contributed by atoms with E-state index in [2.05, 4.69) is 54.7 Å². The van der Waals surface area contributed by atoms with Crippen LogP contribution in [-0.4, -0.2) is 34.9 Å². The van der Waals surface area contributed by atoms with Gasteiger partial charge in [-0.1, -0.05) is 19.9 Å². The van der Waals surface area contributed by atoms with Gasteiger partial charge in [-0.05, 0) is 105 Å². The summed E-state index contributed by atoms with van der Waals surface area (Å²) < 4.78 is 0. The van der Waals surface area contributed by atoms with E-state index in [1.54, 1.807) is 0 Å². The zero-order valence-corrected chi connectivity index (χ0v) is 19.3. The van der Waals surface area contributed by atoms with Crippen molar-refractivity contribution in [3.8, 4) is 0 Å². The van der Waals surface area contributed by atoms with Gasteiger partial charge >= 0.3 is 0 Å². The van der Waals surface area contributed by atoms with E-state index in [-0.39, 0.29) is 11.0 Å². The SMILES string of the molecule is CCc1cncc(C2=CCC3C4CCC(=O)N5CCCC5(C)C4CCC23C)c1.CN. The summed E-state index contributed by atoms with van der Waals surface area (Å²) in [5.41, 5.74) is 9.03. The van der Waals surface area contributed by atoms with Crippen molar-refractivity contribution in [3.05, 3.63) is 35.7 Å². The van der Waals surface area contributed by atoms with Crippen LogP contribution in [0.5, 0.6) is 0 Å². The second-order valence-corrected chi connectivity index (χ2v) is 10.2. The Morgan fingerprint density at radius 1 is 1.17 bits per heavy atom. The summed E-state index contributed by atoms with van der Waals surface area (Å²) in [6.07, 6.45) is 15.5. The van der Waals surface area contributed by atoms with Crippen LogP contribution in [-0.2, 0) is 11.2 Å². The summed E-state index contributed by atoms with van der Waals surface area (Å²) in [5.74, 6) is 2.44. The standard InChI is InChI=1S/C25H34N2O.CH5N/c1-4-17-14-18(16-26-15-17)20-7-8-21-19-6-9-23(28)27-13-5-11-25(27,3)22(19)10-12-24(20,21)2;1-2/h7,14-16,19,21-22H,4-6,8-13H2,1-3H3;2H2,1H3. The van der Waals surface area contributed by atoms with Gasteiger partial charge in [0, 0.05) is 30.9 Å². The van der Waals surface area contributed by atoms with Crippen LogP contribution in [0.4, 0.5) is 0 Å². The van der Waals surface area contributed by atoms with Gasteiger partial charge in [0.05, 0.1) is 0 Å². The van der Waals surface area contributed by atoms with Crippen molar-refractivity contribution in [2.75, 3.05) is 13.6 Å². The Labute approximate surface area is 182 Å². The Hall–Kier alpha value is -1.68. The van der Waals surface area contributed by atoms with Gasteiger partial charge in [-0.3, -0.25) is 9.78 Å². The highest BCUT2D eigenvalue weighted by Gasteiger charge is 2.58. The van der Waals surface area contributed by atoms with Gasteiger partial charge in [0.2, 0.25) is 5.91 Å². The number of carbonyl (C=O) groups excluding carboxylic acids is 1. The molecule has 0 radical (unpaired) electrons. The van der Waals surface area contributed by atoms with Crippen LogP contribution in [0.15, 0.2) is 24.5 Å². The lowest BCUT2D eigenvalue weighted by molar-refractivity contribution is -0.135. The van der Waals surface area contributed by atoms with E-state index in [4.69, 9.17) is 0 Å². The van der Waals surface area contributed by atoms with E-state index in [1.807, 2.05) is 6.20 Å². The first kappa shape index (κ1) is 21.5.